The van der Waals surface area contributed by atoms with Gasteiger partial charge in [0, 0.05) is 26.5 Å². The lowest BCUT2D eigenvalue weighted by Crippen LogP contribution is -2.26. The van der Waals surface area contributed by atoms with Crippen molar-refractivity contribution >= 4 is 17.2 Å². The maximum Gasteiger partial charge on any atom is 0.264 e. The van der Waals surface area contributed by atoms with E-state index in [1.807, 2.05) is 17.8 Å². The highest BCUT2D eigenvalue weighted by molar-refractivity contribution is 7.14. The molecule has 20 heavy (non-hydrogen) atoms. The molecule has 0 saturated heterocycles. The SMILES string of the molecule is CN(Cc1nccn1C)C(=O)c1ccc(C#CCO)s1. The van der Waals surface area contributed by atoms with E-state index in [1.165, 1.54) is 11.3 Å². The molecule has 0 aliphatic rings. The highest BCUT2D eigenvalue weighted by Crippen LogP contribution is 2.17. The predicted octanol–water partition coefficient (Wildman–Crippen LogP) is 1.10. The lowest BCUT2D eigenvalue weighted by molar-refractivity contribution is 0.0785. The molecule has 5 nitrogen and oxygen atoms in total. The number of imidazole rings is 1. The Morgan fingerprint density at radius 1 is 1.55 bits per heavy atom. The average molecular weight is 289 g/mol. The van der Waals surface area contributed by atoms with Gasteiger partial charge in [-0.25, -0.2) is 4.98 Å². The Morgan fingerprint density at radius 3 is 3.00 bits per heavy atom. The smallest absolute Gasteiger partial charge is 0.264 e. The Balaban J connectivity index is 2.07. The van der Waals surface area contributed by atoms with Crippen LogP contribution >= 0.6 is 11.3 Å². The maximum atomic E-state index is 12.3. The molecule has 2 aromatic rings. The van der Waals surface area contributed by atoms with Gasteiger partial charge in [-0.3, -0.25) is 4.79 Å². The molecule has 2 rings (SSSR count). The van der Waals surface area contributed by atoms with Crippen LogP contribution in [-0.4, -0.2) is 39.1 Å². The highest BCUT2D eigenvalue weighted by atomic mass is 32.1. The lowest BCUT2D eigenvalue weighted by Gasteiger charge is -2.15. The Kier molecular flexibility index (Phi) is 4.56. The first-order valence-electron chi connectivity index (χ1n) is 6.03. The first kappa shape index (κ1) is 14.3. The molecule has 2 aromatic heterocycles. The van der Waals surface area contributed by atoms with Gasteiger partial charge in [0.2, 0.25) is 0 Å². The summed E-state index contributed by atoms with van der Waals surface area (Å²) >= 11 is 1.32. The van der Waals surface area contributed by atoms with Crippen LogP contribution in [-0.2, 0) is 13.6 Å². The molecule has 0 saturated carbocycles. The van der Waals surface area contributed by atoms with Crippen LogP contribution in [0.3, 0.4) is 0 Å². The van der Waals surface area contributed by atoms with Crippen LogP contribution in [0.1, 0.15) is 20.4 Å². The number of hydrogen-bond acceptors (Lipinski definition) is 4. The van der Waals surface area contributed by atoms with Crippen LogP contribution in [0.15, 0.2) is 24.5 Å². The Hall–Kier alpha value is -2.10. The summed E-state index contributed by atoms with van der Waals surface area (Å²) in [5.41, 5.74) is 0. The number of aliphatic hydroxyl groups excluding tert-OH is 1. The quantitative estimate of drug-likeness (QED) is 0.861. The molecule has 0 spiro atoms. The third-order valence-corrected chi connectivity index (χ3v) is 3.74. The molecule has 0 fully saturated rings. The minimum absolute atomic E-state index is 0.0601. The van der Waals surface area contributed by atoms with Crippen LogP contribution in [0.2, 0.25) is 0 Å². The van der Waals surface area contributed by atoms with E-state index in [2.05, 4.69) is 16.8 Å². The predicted molar refractivity (Wildman–Crippen MR) is 77.3 cm³/mol. The Morgan fingerprint density at radius 2 is 2.35 bits per heavy atom. The minimum atomic E-state index is -0.180. The van der Waals surface area contributed by atoms with Crippen molar-refractivity contribution in [2.75, 3.05) is 13.7 Å². The van der Waals surface area contributed by atoms with E-state index in [1.54, 1.807) is 30.3 Å². The first-order chi connectivity index (χ1) is 9.61. The molecule has 0 radical (unpaired) electrons. The van der Waals surface area contributed by atoms with Crippen molar-refractivity contribution < 1.29 is 9.90 Å². The summed E-state index contributed by atoms with van der Waals surface area (Å²) in [6.45, 7) is 0.276. The standard InChI is InChI=1S/C14H15N3O2S/c1-16-8-7-15-13(16)10-17(2)14(19)12-6-5-11(20-12)4-3-9-18/h5-8,18H,9-10H2,1-2H3. The van der Waals surface area contributed by atoms with Gasteiger partial charge >= 0.3 is 0 Å². The molecule has 0 aliphatic heterocycles. The minimum Gasteiger partial charge on any atom is -0.384 e. The van der Waals surface area contributed by atoms with Crippen molar-refractivity contribution in [3.8, 4) is 11.8 Å². The number of aryl methyl sites for hydroxylation is 1. The molecule has 2 heterocycles. The van der Waals surface area contributed by atoms with Crippen molar-refractivity contribution in [2.24, 2.45) is 7.05 Å². The number of aromatic nitrogens is 2. The van der Waals surface area contributed by atoms with Gasteiger partial charge < -0.3 is 14.6 Å². The number of carbonyl (C=O) groups excluding carboxylic acids is 1. The zero-order chi connectivity index (χ0) is 14.5. The van der Waals surface area contributed by atoms with Crippen LogP contribution in [0.25, 0.3) is 0 Å². The van der Waals surface area contributed by atoms with Crippen molar-refractivity contribution in [2.45, 2.75) is 6.54 Å². The van der Waals surface area contributed by atoms with Crippen LogP contribution in [0.4, 0.5) is 0 Å². The van der Waals surface area contributed by atoms with Crippen molar-refractivity contribution in [3.05, 3.63) is 40.1 Å². The van der Waals surface area contributed by atoms with Gasteiger partial charge in [0.15, 0.2) is 0 Å². The van der Waals surface area contributed by atoms with Crippen molar-refractivity contribution in [1.82, 2.24) is 14.5 Å². The molecule has 6 heteroatoms. The average Bonchev–Trinajstić information content (AvgIpc) is 3.05. The van der Waals surface area contributed by atoms with E-state index < -0.39 is 0 Å². The fourth-order valence-corrected chi connectivity index (χ4v) is 2.54. The van der Waals surface area contributed by atoms with Gasteiger partial charge in [-0.05, 0) is 12.1 Å². The third kappa shape index (κ3) is 3.26. The molecule has 0 bridgehead atoms. The van der Waals surface area contributed by atoms with Crippen molar-refractivity contribution in [1.29, 1.82) is 0 Å². The largest absolute Gasteiger partial charge is 0.384 e. The van der Waals surface area contributed by atoms with Gasteiger partial charge in [-0.15, -0.1) is 11.3 Å². The second-order valence-electron chi connectivity index (χ2n) is 4.24. The highest BCUT2D eigenvalue weighted by Gasteiger charge is 2.15. The molecule has 0 aromatic carbocycles. The summed E-state index contributed by atoms with van der Waals surface area (Å²) in [5.74, 6) is 6.13. The summed E-state index contributed by atoms with van der Waals surface area (Å²) in [6, 6.07) is 3.54. The summed E-state index contributed by atoms with van der Waals surface area (Å²) in [4.78, 5) is 19.5. The zero-order valence-electron chi connectivity index (χ0n) is 11.3. The van der Waals surface area contributed by atoms with Gasteiger partial charge in [0.25, 0.3) is 5.91 Å². The summed E-state index contributed by atoms with van der Waals surface area (Å²) in [7, 11) is 3.64. The molecule has 104 valence electrons. The second-order valence-corrected chi connectivity index (χ2v) is 5.32. The number of amides is 1. The Bertz CT molecular complexity index is 663. The summed E-state index contributed by atoms with van der Waals surface area (Å²) in [5, 5.41) is 8.65. The molecular formula is C14H15N3O2S. The fraction of sp³-hybridized carbons (Fsp3) is 0.286. The van der Waals surface area contributed by atoms with Gasteiger partial charge in [0.05, 0.1) is 16.3 Å². The molecule has 0 aliphatic carbocycles. The number of hydrogen-bond donors (Lipinski definition) is 1. The van der Waals surface area contributed by atoms with Gasteiger partial charge in [0.1, 0.15) is 12.4 Å². The molecular weight excluding hydrogens is 274 g/mol. The van der Waals surface area contributed by atoms with Crippen LogP contribution in [0, 0.1) is 11.8 Å². The zero-order valence-corrected chi connectivity index (χ0v) is 12.1. The number of nitrogens with zero attached hydrogens (tertiary/aromatic N) is 3. The molecule has 0 atom stereocenters. The first-order valence-corrected chi connectivity index (χ1v) is 6.84. The third-order valence-electron chi connectivity index (χ3n) is 2.75. The monoisotopic (exact) mass is 289 g/mol. The van der Waals surface area contributed by atoms with E-state index >= 15 is 0 Å². The normalized spacial score (nSPS) is 9.95. The Labute approximate surface area is 121 Å². The van der Waals surface area contributed by atoms with E-state index in [-0.39, 0.29) is 12.5 Å². The molecule has 1 N–H and O–H groups in total. The lowest BCUT2D eigenvalue weighted by atomic mass is 10.3. The van der Waals surface area contributed by atoms with Crippen molar-refractivity contribution in [3.63, 3.8) is 0 Å². The fourth-order valence-electron chi connectivity index (χ4n) is 1.67. The van der Waals surface area contributed by atoms with Crippen LogP contribution in [0.5, 0.6) is 0 Å². The number of aliphatic hydroxyl groups is 1. The topological polar surface area (TPSA) is 58.4 Å². The maximum absolute atomic E-state index is 12.3. The molecule has 1 amide bonds. The number of thiophene rings is 1. The second kappa shape index (κ2) is 6.37. The van der Waals surface area contributed by atoms with Gasteiger partial charge in [-0.1, -0.05) is 11.8 Å². The van der Waals surface area contributed by atoms with Gasteiger partial charge in [-0.2, -0.15) is 0 Å². The van der Waals surface area contributed by atoms with E-state index in [0.29, 0.717) is 11.4 Å². The van der Waals surface area contributed by atoms with Crippen LogP contribution < -0.4 is 0 Å². The van der Waals surface area contributed by atoms with E-state index in [0.717, 1.165) is 10.7 Å². The molecule has 0 unspecified atom stereocenters. The summed E-state index contributed by atoms with van der Waals surface area (Å²) in [6.07, 6.45) is 3.56. The number of rotatable bonds is 3. The number of carbonyl (C=O) groups is 1. The summed E-state index contributed by atoms with van der Waals surface area (Å²) < 4.78 is 1.89. The van der Waals surface area contributed by atoms with E-state index in [9.17, 15) is 4.79 Å². The van der Waals surface area contributed by atoms with E-state index in [4.69, 9.17) is 5.11 Å².